The van der Waals surface area contributed by atoms with E-state index in [0.29, 0.717) is 5.16 Å². The van der Waals surface area contributed by atoms with Crippen molar-refractivity contribution in [1.29, 1.82) is 0 Å². The molecule has 6 heteroatoms. The molecule has 0 fully saturated rings. The molecule has 0 aliphatic heterocycles. The highest BCUT2D eigenvalue weighted by molar-refractivity contribution is 8.10. The second-order valence-electron chi connectivity index (χ2n) is 4.85. The van der Waals surface area contributed by atoms with Gasteiger partial charge in [-0.25, -0.2) is 9.19 Å². The number of hydrogen-bond acceptors (Lipinski definition) is 4. The summed E-state index contributed by atoms with van der Waals surface area (Å²) < 4.78 is 12.8. The number of aromatic nitrogens is 3. The van der Waals surface area contributed by atoms with Gasteiger partial charge >= 0.3 is 0 Å². The van der Waals surface area contributed by atoms with Crippen molar-refractivity contribution in [3.05, 3.63) is 53.9 Å². The van der Waals surface area contributed by atoms with Crippen molar-refractivity contribution in [1.82, 2.24) is 15.0 Å². The van der Waals surface area contributed by atoms with Crippen LogP contribution in [0.1, 0.15) is 22.8 Å². The van der Waals surface area contributed by atoms with E-state index in [9.17, 15) is 4.21 Å². The quantitative estimate of drug-likeness (QED) is 0.772. The minimum Gasteiger partial charge on any atom is -0.331 e. The van der Waals surface area contributed by atoms with Crippen LogP contribution < -0.4 is 0 Å². The number of para-hydroxylation sites is 2. The third kappa shape index (κ3) is 2.94. The number of hydrogen-bond donors (Lipinski definition) is 1. The highest BCUT2D eigenvalue weighted by atomic mass is 32.2. The molecule has 1 aromatic carbocycles. The Balaban J connectivity index is 2.01. The number of nitrogens with zero attached hydrogens (tertiary/aromatic N) is 2. The van der Waals surface area contributed by atoms with Crippen molar-refractivity contribution in [3.63, 3.8) is 0 Å². The first kappa shape index (κ1) is 15.2. The van der Waals surface area contributed by atoms with Gasteiger partial charge in [-0.3, -0.25) is 4.98 Å². The molecule has 0 bridgehead atoms. The normalized spacial score (nSPS) is 14.1. The highest BCUT2D eigenvalue weighted by Crippen LogP contribution is 2.35. The van der Waals surface area contributed by atoms with Crippen LogP contribution in [0.2, 0.25) is 0 Å². The van der Waals surface area contributed by atoms with Gasteiger partial charge in [-0.15, -0.1) is 11.8 Å². The van der Waals surface area contributed by atoms with Crippen LogP contribution in [0.25, 0.3) is 11.0 Å². The lowest BCUT2D eigenvalue weighted by atomic mass is 10.2. The Bertz CT molecular complexity index is 783. The van der Waals surface area contributed by atoms with Crippen LogP contribution in [0.5, 0.6) is 0 Å². The fourth-order valence-electron chi connectivity index (χ4n) is 2.26. The summed E-state index contributed by atoms with van der Waals surface area (Å²) in [5.41, 5.74) is 3.67. The second-order valence-corrected chi connectivity index (χ2v) is 7.98. The SMILES string of the molecule is CCSC(c1ncccc1C)S(=O)c1nc2ccccc2[nH]1. The number of fused-ring (bicyclic) bond motifs is 1. The molecule has 0 spiro atoms. The zero-order valence-corrected chi connectivity index (χ0v) is 14.1. The Morgan fingerprint density at radius 2 is 2.09 bits per heavy atom. The van der Waals surface area contributed by atoms with Crippen molar-refractivity contribution in [2.45, 2.75) is 23.6 Å². The van der Waals surface area contributed by atoms with Gasteiger partial charge in [0.05, 0.1) is 16.7 Å². The largest absolute Gasteiger partial charge is 0.331 e. The van der Waals surface area contributed by atoms with Gasteiger partial charge in [0.15, 0.2) is 5.16 Å². The number of pyridine rings is 1. The summed E-state index contributed by atoms with van der Waals surface area (Å²) in [4.78, 5) is 12.1. The van der Waals surface area contributed by atoms with Gasteiger partial charge in [0, 0.05) is 6.20 Å². The van der Waals surface area contributed by atoms with Crippen LogP contribution >= 0.6 is 11.8 Å². The number of thioether (sulfide) groups is 1. The predicted octanol–water partition coefficient (Wildman–Crippen LogP) is 3.83. The predicted molar refractivity (Wildman–Crippen MR) is 92.3 cm³/mol. The maximum absolute atomic E-state index is 13.0. The zero-order chi connectivity index (χ0) is 15.5. The Labute approximate surface area is 136 Å². The van der Waals surface area contributed by atoms with E-state index >= 15 is 0 Å². The summed E-state index contributed by atoms with van der Waals surface area (Å²) in [6, 6.07) is 11.6. The number of imidazole rings is 1. The third-order valence-electron chi connectivity index (χ3n) is 3.34. The Hall–Kier alpha value is -1.66. The van der Waals surface area contributed by atoms with Crippen LogP contribution in [0.4, 0.5) is 0 Å². The van der Waals surface area contributed by atoms with E-state index in [4.69, 9.17) is 0 Å². The molecule has 2 aromatic heterocycles. The van der Waals surface area contributed by atoms with Crippen LogP contribution in [-0.2, 0) is 10.8 Å². The van der Waals surface area contributed by atoms with E-state index < -0.39 is 10.8 Å². The minimum absolute atomic E-state index is 0.216. The van der Waals surface area contributed by atoms with Gasteiger partial charge in [0.1, 0.15) is 15.4 Å². The standard InChI is InChI=1S/C16H17N3OS2/c1-3-21-15(14-11(2)7-6-10-17-14)22(20)16-18-12-8-4-5-9-13(12)19-16/h4-10,15H,3H2,1-2H3,(H,18,19). The first-order valence-electron chi connectivity index (χ1n) is 7.09. The molecule has 0 aliphatic carbocycles. The van der Waals surface area contributed by atoms with Gasteiger partial charge in [0.25, 0.3) is 0 Å². The molecule has 0 radical (unpaired) electrons. The van der Waals surface area contributed by atoms with Crippen LogP contribution in [0.3, 0.4) is 0 Å². The Morgan fingerprint density at radius 1 is 1.27 bits per heavy atom. The molecule has 0 aliphatic rings. The maximum atomic E-state index is 13.0. The summed E-state index contributed by atoms with van der Waals surface area (Å²) in [6.45, 7) is 4.06. The topological polar surface area (TPSA) is 58.6 Å². The average molecular weight is 331 g/mol. The fourth-order valence-corrected chi connectivity index (χ4v) is 5.20. The minimum atomic E-state index is -1.28. The number of aryl methyl sites for hydroxylation is 1. The summed E-state index contributed by atoms with van der Waals surface area (Å²) >= 11 is 1.63. The molecule has 2 atom stereocenters. The van der Waals surface area contributed by atoms with E-state index in [1.165, 1.54) is 0 Å². The molecule has 0 saturated carbocycles. The van der Waals surface area contributed by atoms with Crippen LogP contribution in [-0.4, -0.2) is 24.9 Å². The first-order chi connectivity index (χ1) is 10.7. The summed E-state index contributed by atoms with van der Waals surface area (Å²) in [7, 11) is -1.28. The zero-order valence-electron chi connectivity index (χ0n) is 12.4. The van der Waals surface area contributed by atoms with E-state index in [1.54, 1.807) is 18.0 Å². The molecule has 1 N–H and O–H groups in total. The average Bonchev–Trinajstić information content (AvgIpc) is 2.97. The fraction of sp³-hybridized carbons (Fsp3) is 0.250. The molecular formula is C16H17N3OS2. The van der Waals surface area contributed by atoms with Crippen molar-refractivity contribution < 1.29 is 4.21 Å². The van der Waals surface area contributed by atoms with Crippen molar-refractivity contribution in [3.8, 4) is 0 Å². The molecule has 3 aromatic rings. The van der Waals surface area contributed by atoms with E-state index in [1.807, 2.05) is 43.3 Å². The number of rotatable bonds is 5. The molecule has 3 rings (SSSR count). The van der Waals surface area contributed by atoms with Crippen molar-refractivity contribution in [2.24, 2.45) is 0 Å². The summed E-state index contributed by atoms with van der Waals surface area (Å²) in [5.74, 6) is 0.868. The number of H-pyrrole nitrogens is 1. The summed E-state index contributed by atoms with van der Waals surface area (Å²) in [5, 5.41) is 0.511. The molecule has 0 saturated heterocycles. The lowest BCUT2D eigenvalue weighted by molar-refractivity contribution is 0.676. The van der Waals surface area contributed by atoms with E-state index in [-0.39, 0.29) is 4.58 Å². The van der Waals surface area contributed by atoms with Crippen molar-refractivity contribution >= 4 is 33.6 Å². The molecule has 2 unspecified atom stereocenters. The van der Waals surface area contributed by atoms with Gasteiger partial charge in [-0.1, -0.05) is 25.1 Å². The molecule has 2 heterocycles. The number of nitrogens with one attached hydrogen (secondary N) is 1. The van der Waals surface area contributed by atoms with Gasteiger partial charge in [-0.2, -0.15) is 0 Å². The summed E-state index contributed by atoms with van der Waals surface area (Å²) in [6.07, 6.45) is 1.75. The number of aromatic amines is 1. The van der Waals surface area contributed by atoms with E-state index in [2.05, 4.69) is 21.9 Å². The highest BCUT2D eigenvalue weighted by Gasteiger charge is 2.25. The smallest absolute Gasteiger partial charge is 0.198 e. The first-order valence-corrected chi connectivity index (χ1v) is 9.35. The maximum Gasteiger partial charge on any atom is 0.198 e. The van der Waals surface area contributed by atoms with E-state index in [0.717, 1.165) is 28.0 Å². The van der Waals surface area contributed by atoms with Crippen LogP contribution in [0, 0.1) is 6.92 Å². The molecule has 22 heavy (non-hydrogen) atoms. The lowest BCUT2D eigenvalue weighted by Gasteiger charge is -2.15. The van der Waals surface area contributed by atoms with Crippen molar-refractivity contribution in [2.75, 3.05) is 5.75 Å². The Morgan fingerprint density at radius 3 is 2.82 bits per heavy atom. The molecule has 4 nitrogen and oxygen atoms in total. The molecule has 114 valence electrons. The second kappa shape index (κ2) is 6.62. The molecular weight excluding hydrogens is 314 g/mol. The number of benzene rings is 1. The monoisotopic (exact) mass is 331 g/mol. The van der Waals surface area contributed by atoms with Gasteiger partial charge in [0.2, 0.25) is 0 Å². The van der Waals surface area contributed by atoms with Gasteiger partial charge < -0.3 is 4.98 Å². The van der Waals surface area contributed by atoms with Gasteiger partial charge in [-0.05, 0) is 36.4 Å². The third-order valence-corrected chi connectivity index (χ3v) is 6.32. The van der Waals surface area contributed by atoms with Crippen LogP contribution in [0.15, 0.2) is 47.8 Å². The lowest BCUT2D eigenvalue weighted by Crippen LogP contribution is -2.09. The Kier molecular flexibility index (Phi) is 4.59. The molecule has 0 amide bonds.